The van der Waals surface area contributed by atoms with E-state index < -0.39 is 6.03 Å². The molecule has 0 atom stereocenters. The van der Waals surface area contributed by atoms with Gasteiger partial charge in [0.2, 0.25) is 5.88 Å². The van der Waals surface area contributed by atoms with E-state index in [9.17, 15) is 9.59 Å². The molecule has 1 fully saturated rings. The Morgan fingerprint density at radius 1 is 1.05 bits per heavy atom. The van der Waals surface area contributed by atoms with Crippen LogP contribution in [-0.4, -0.2) is 41.2 Å². The number of likely N-dealkylation sites (tertiary alicyclic amines) is 1. The van der Waals surface area contributed by atoms with E-state index in [1.165, 1.54) is 5.56 Å². The van der Waals surface area contributed by atoms with E-state index in [2.05, 4.69) is 16.4 Å². The van der Waals surface area contributed by atoms with Crippen LogP contribution in [0.15, 0.2) is 60.8 Å². The Labute approximate surface area is 224 Å². The summed E-state index contributed by atoms with van der Waals surface area (Å²) in [6, 6.07) is 17.0. The van der Waals surface area contributed by atoms with Gasteiger partial charge in [0.05, 0.1) is 5.69 Å². The van der Waals surface area contributed by atoms with E-state index in [0.29, 0.717) is 31.8 Å². The number of hydrogen-bond acceptors (Lipinski definition) is 5. The van der Waals surface area contributed by atoms with Crippen LogP contribution in [0.2, 0.25) is 0 Å². The number of anilines is 1. The number of nitrogens with zero attached hydrogens (tertiary/aromatic N) is 2. The molecule has 1 aliphatic carbocycles. The quantitative estimate of drug-likeness (QED) is 0.422. The minimum absolute atomic E-state index is 0.0471. The molecule has 3 aromatic rings. The normalized spacial score (nSPS) is 14.6. The molecular weight excluding hydrogens is 480 g/mol. The maximum atomic E-state index is 12.4. The van der Waals surface area contributed by atoms with Crippen molar-refractivity contribution in [1.29, 1.82) is 0 Å². The first-order valence-electron chi connectivity index (χ1n) is 13.4. The summed E-state index contributed by atoms with van der Waals surface area (Å²) in [5, 5.41) is 2.84. The number of benzene rings is 2. The number of carbonyl (C=O) groups is 2. The Balaban J connectivity index is 0.00000164. The Kier molecular flexibility index (Phi) is 9.19. The minimum atomic E-state index is -0.573. The van der Waals surface area contributed by atoms with Gasteiger partial charge in [-0.3, -0.25) is 0 Å². The summed E-state index contributed by atoms with van der Waals surface area (Å²) in [6.07, 6.45) is 5.74. The Morgan fingerprint density at radius 3 is 2.55 bits per heavy atom. The number of nitrogens with two attached hydrogens (primary N) is 1. The molecule has 8 heteroatoms. The molecule has 3 amide bonds. The number of amides is 3. The van der Waals surface area contributed by atoms with E-state index in [-0.39, 0.29) is 18.8 Å². The number of ether oxygens (including phenoxy) is 2. The summed E-state index contributed by atoms with van der Waals surface area (Å²) >= 11 is 0. The lowest BCUT2D eigenvalue weighted by Gasteiger charge is -2.31. The Bertz CT molecular complexity index is 1240. The lowest BCUT2D eigenvalue weighted by Crippen LogP contribution is -2.42. The zero-order valence-corrected chi connectivity index (χ0v) is 22.1. The fraction of sp³-hybridized carbons (Fsp3) is 0.367. The molecule has 0 bridgehead atoms. The van der Waals surface area contributed by atoms with Crippen molar-refractivity contribution in [1.82, 2.24) is 9.88 Å². The van der Waals surface area contributed by atoms with Crippen LogP contribution in [0.4, 0.5) is 15.3 Å². The maximum absolute atomic E-state index is 12.4. The van der Waals surface area contributed by atoms with Gasteiger partial charge in [0, 0.05) is 43.8 Å². The molecule has 2 aromatic carbocycles. The van der Waals surface area contributed by atoms with Crippen LogP contribution >= 0.6 is 0 Å². The summed E-state index contributed by atoms with van der Waals surface area (Å²) in [5.41, 5.74) is 11.4. The highest BCUT2D eigenvalue weighted by molar-refractivity contribution is 5.95. The van der Waals surface area contributed by atoms with Crippen molar-refractivity contribution in [3.63, 3.8) is 0 Å². The molecule has 0 saturated carbocycles. The molecule has 1 aromatic heterocycles. The molecule has 1 saturated heterocycles. The molecule has 2 aliphatic rings. The molecule has 38 heavy (non-hydrogen) atoms. The molecular formula is C30H36N4O4. The lowest BCUT2D eigenvalue weighted by atomic mass is 9.98. The van der Waals surface area contributed by atoms with E-state index in [1.807, 2.05) is 62.4 Å². The van der Waals surface area contributed by atoms with Crippen LogP contribution in [0.5, 0.6) is 5.88 Å². The highest BCUT2D eigenvalue weighted by Gasteiger charge is 2.26. The number of aromatic nitrogens is 1. The molecule has 8 nitrogen and oxygen atoms in total. The smallest absolute Gasteiger partial charge is 0.410 e. The summed E-state index contributed by atoms with van der Waals surface area (Å²) in [5.74, 6) is 0.517. The third-order valence-electron chi connectivity index (χ3n) is 6.77. The average Bonchev–Trinajstić information content (AvgIpc) is 3.44. The zero-order chi connectivity index (χ0) is 26.9. The van der Waals surface area contributed by atoms with Crippen LogP contribution in [-0.2, 0) is 24.2 Å². The van der Waals surface area contributed by atoms with Crippen molar-refractivity contribution >= 4 is 17.8 Å². The van der Waals surface area contributed by atoms with Crippen molar-refractivity contribution in [2.24, 2.45) is 5.73 Å². The van der Waals surface area contributed by atoms with Gasteiger partial charge < -0.3 is 25.4 Å². The second-order valence-electron chi connectivity index (χ2n) is 9.20. The first kappa shape index (κ1) is 27.0. The molecule has 2 heterocycles. The number of nitrogens with one attached hydrogen (secondary N) is 1. The number of carbonyl (C=O) groups excluding carboxylic acids is 2. The number of pyridine rings is 1. The zero-order valence-electron chi connectivity index (χ0n) is 22.1. The second kappa shape index (κ2) is 12.9. The standard InChI is InChI=1S/C28H30N4O4.C2H6/c29-27(33)31-26-23-8-4-7-20(23)9-10-24(26)21-11-14-30-25(17-21)36-22-12-15-32(16-13-22)28(34)35-18-19-5-2-1-3-6-19;1-2/h1-3,5-6,9-11,14,17,22H,4,7-8,12-13,15-16,18H2,(H3,29,31,33);1-2H3. The second-order valence-corrected chi connectivity index (χ2v) is 9.20. The van der Waals surface area contributed by atoms with Gasteiger partial charge in [-0.25, -0.2) is 14.6 Å². The van der Waals surface area contributed by atoms with Gasteiger partial charge in [0.15, 0.2) is 0 Å². The maximum Gasteiger partial charge on any atom is 0.410 e. The first-order valence-corrected chi connectivity index (χ1v) is 13.4. The van der Waals surface area contributed by atoms with Gasteiger partial charge >= 0.3 is 12.1 Å². The Hall–Kier alpha value is -4.07. The monoisotopic (exact) mass is 516 g/mol. The van der Waals surface area contributed by atoms with Crippen LogP contribution in [0, 0.1) is 0 Å². The summed E-state index contributed by atoms with van der Waals surface area (Å²) < 4.78 is 11.6. The number of rotatable bonds is 6. The minimum Gasteiger partial charge on any atom is -0.474 e. The van der Waals surface area contributed by atoms with Gasteiger partial charge in [-0.05, 0) is 47.6 Å². The lowest BCUT2D eigenvalue weighted by molar-refractivity contribution is 0.0625. The van der Waals surface area contributed by atoms with Crippen LogP contribution in [0.3, 0.4) is 0 Å². The molecule has 0 unspecified atom stereocenters. The topological polar surface area (TPSA) is 107 Å². The Morgan fingerprint density at radius 2 is 1.82 bits per heavy atom. The fourth-order valence-electron chi connectivity index (χ4n) is 4.95. The van der Waals surface area contributed by atoms with Crippen LogP contribution in [0.25, 0.3) is 11.1 Å². The number of fused-ring (bicyclic) bond motifs is 1. The number of urea groups is 1. The largest absolute Gasteiger partial charge is 0.474 e. The molecule has 200 valence electrons. The van der Waals surface area contributed by atoms with E-state index in [4.69, 9.17) is 15.2 Å². The predicted molar refractivity (Wildman–Crippen MR) is 148 cm³/mol. The third kappa shape index (κ3) is 6.62. The number of aryl methyl sites for hydroxylation is 1. The van der Waals surface area contributed by atoms with Gasteiger partial charge in [0.25, 0.3) is 0 Å². The summed E-state index contributed by atoms with van der Waals surface area (Å²) in [7, 11) is 0. The van der Waals surface area contributed by atoms with E-state index >= 15 is 0 Å². The van der Waals surface area contributed by atoms with E-state index in [1.54, 1.807) is 11.1 Å². The predicted octanol–water partition coefficient (Wildman–Crippen LogP) is 5.93. The molecule has 5 rings (SSSR count). The van der Waals surface area contributed by atoms with E-state index in [0.717, 1.165) is 47.2 Å². The third-order valence-corrected chi connectivity index (χ3v) is 6.77. The van der Waals surface area contributed by atoms with Crippen molar-refractivity contribution in [2.75, 3.05) is 18.4 Å². The van der Waals surface area contributed by atoms with Crippen molar-refractivity contribution in [3.8, 4) is 17.0 Å². The highest BCUT2D eigenvalue weighted by Crippen LogP contribution is 2.38. The molecule has 0 radical (unpaired) electrons. The van der Waals surface area contributed by atoms with Gasteiger partial charge in [-0.15, -0.1) is 0 Å². The molecule has 0 spiro atoms. The number of hydrogen-bond donors (Lipinski definition) is 2. The SMILES string of the molecule is CC.NC(=O)Nc1c(-c2ccnc(OC3CCN(C(=O)OCc4ccccc4)CC3)c2)ccc2c1CCC2. The highest BCUT2D eigenvalue weighted by atomic mass is 16.6. The fourth-order valence-corrected chi connectivity index (χ4v) is 4.95. The molecule has 3 N–H and O–H groups in total. The van der Waals surface area contributed by atoms with Gasteiger partial charge in [-0.1, -0.05) is 56.3 Å². The first-order chi connectivity index (χ1) is 18.6. The van der Waals surface area contributed by atoms with Crippen LogP contribution < -0.4 is 15.8 Å². The van der Waals surface area contributed by atoms with Gasteiger partial charge in [-0.2, -0.15) is 0 Å². The average molecular weight is 517 g/mol. The summed E-state index contributed by atoms with van der Waals surface area (Å²) in [6.45, 7) is 5.40. The number of primary amides is 1. The van der Waals surface area contributed by atoms with Crippen molar-refractivity contribution in [3.05, 3.63) is 77.5 Å². The molecule has 1 aliphatic heterocycles. The number of piperidine rings is 1. The van der Waals surface area contributed by atoms with Crippen LogP contribution in [0.1, 0.15) is 49.8 Å². The van der Waals surface area contributed by atoms with Gasteiger partial charge in [0.1, 0.15) is 12.7 Å². The van der Waals surface area contributed by atoms with Crippen molar-refractivity contribution in [2.45, 2.75) is 58.7 Å². The summed E-state index contributed by atoms with van der Waals surface area (Å²) in [4.78, 5) is 30.3. The van der Waals surface area contributed by atoms with Crippen molar-refractivity contribution < 1.29 is 19.1 Å².